The average molecular weight is 864 g/mol. The van der Waals surface area contributed by atoms with E-state index in [-0.39, 0.29) is 10.8 Å². The molecule has 0 aliphatic carbocycles. The molecule has 0 aliphatic rings. The van der Waals surface area contributed by atoms with Crippen LogP contribution in [0.1, 0.15) is 73.6 Å². The fraction of sp³-hybridized carbons (Fsp3) is 0.350. The number of benzene rings is 2. The third-order valence-electron chi connectivity index (χ3n) is 8.36. The number of hydrogen-bond donors (Lipinski definition) is 0. The van der Waals surface area contributed by atoms with E-state index in [1.165, 1.54) is 52.2 Å². The molecule has 0 atom stereocenters. The predicted molar refractivity (Wildman–Crippen MR) is 212 cm³/mol. The van der Waals surface area contributed by atoms with Crippen molar-refractivity contribution in [2.75, 3.05) is 0 Å². The molecule has 0 N–H and O–H groups in total. The molecule has 2 aromatic carbocycles. The summed E-state index contributed by atoms with van der Waals surface area (Å²) in [4.78, 5) is 17.9. The first kappa shape index (κ1) is 35.2. The van der Waals surface area contributed by atoms with Crippen LogP contribution in [0.5, 0.6) is 0 Å². The number of thiophene rings is 3. The molecule has 0 bridgehead atoms. The summed E-state index contributed by atoms with van der Waals surface area (Å²) in [6.45, 7) is 13.8. The summed E-state index contributed by atoms with van der Waals surface area (Å²) in [6.07, 6.45) is 0. The van der Waals surface area contributed by atoms with Crippen molar-refractivity contribution in [1.82, 2.24) is 0 Å². The van der Waals surface area contributed by atoms with Gasteiger partial charge in [0, 0.05) is 0 Å². The molecule has 0 saturated carbocycles. The summed E-state index contributed by atoms with van der Waals surface area (Å²) in [5.74, 6) is 0. The molecule has 0 amide bonds. The van der Waals surface area contributed by atoms with E-state index < -0.39 is 36.8 Å². The summed E-state index contributed by atoms with van der Waals surface area (Å²) < 4.78 is 5.96. The van der Waals surface area contributed by atoms with Crippen molar-refractivity contribution in [3.8, 4) is 0 Å². The monoisotopic (exact) mass is 866 g/mol. The second-order valence-electron chi connectivity index (χ2n) is 16.4. The molecule has 5 aromatic rings. The van der Waals surface area contributed by atoms with Crippen LogP contribution < -0.4 is 14.9 Å². The van der Waals surface area contributed by atoms with Crippen molar-refractivity contribution in [2.45, 2.75) is 82.0 Å². The predicted octanol–water partition coefficient (Wildman–Crippen LogP) is 10.1. The molecule has 236 valence electrons. The van der Waals surface area contributed by atoms with Gasteiger partial charge in [-0.25, -0.2) is 0 Å². The van der Waals surface area contributed by atoms with Crippen LogP contribution in [-0.4, -0.2) is 36.8 Å². The van der Waals surface area contributed by atoms with E-state index in [4.69, 9.17) is 0 Å². The molecule has 5 rings (SSSR count). The van der Waals surface area contributed by atoms with Crippen molar-refractivity contribution < 1.29 is 0 Å². The van der Waals surface area contributed by atoms with Gasteiger partial charge in [-0.3, -0.25) is 0 Å². The van der Waals surface area contributed by atoms with Gasteiger partial charge in [-0.05, 0) is 0 Å². The second kappa shape index (κ2) is 13.1. The van der Waals surface area contributed by atoms with E-state index in [2.05, 4.69) is 156 Å². The van der Waals surface area contributed by atoms with E-state index in [1.54, 1.807) is 5.79 Å². The minimum absolute atomic E-state index is 0.134. The third-order valence-corrected chi connectivity index (χ3v) is 30.7. The summed E-state index contributed by atoms with van der Waals surface area (Å²) in [5, 5.41) is 0. The molecule has 0 unspecified atom stereocenters. The molecule has 45 heavy (non-hydrogen) atoms. The topological polar surface area (TPSA) is 0 Å². The van der Waals surface area contributed by atoms with E-state index in [1.807, 2.05) is 34.0 Å². The summed E-state index contributed by atoms with van der Waals surface area (Å²) >= 11 is 1.61. The van der Waals surface area contributed by atoms with Crippen LogP contribution in [0.15, 0.2) is 84.9 Å². The van der Waals surface area contributed by atoms with Crippen molar-refractivity contribution in [3.05, 3.63) is 126 Å². The van der Waals surface area contributed by atoms with Gasteiger partial charge in [-0.2, -0.15) is 0 Å². The minimum atomic E-state index is -2.20. The van der Waals surface area contributed by atoms with Gasteiger partial charge in [-0.1, -0.05) is 0 Å². The Hall–Kier alpha value is -1.12. The Morgan fingerprint density at radius 2 is 0.756 bits per heavy atom. The first-order valence-corrected chi connectivity index (χ1v) is 38.5. The number of hydrogen-bond acceptors (Lipinski definition) is 3. The van der Waals surface area contributed by atoms with E-state index in [0.717, 1.165) is 0 Å². The van der Waals surface area contributed by atoms with Crippen molar-refractivity contribution in [2.24, 2.45) is 0 Å². The standard InChI is InChI=1S/C34H32S3.6CH3.2Sn/c1-33(2,3)25-15-11-23(12-16-25)31(27-9-7-21-35-27)29-19-20-30(37-29)32(28-10-8-22-36-28)24-13-17-26(18-14-24)34(4,5)6;;;;;;;;/h7-20H,1-6H3;6*1H3;;. The van der Waals surface area contributed by atoms with E-state index in [9.17, 15) is 0 Å². The zero-order valence-corrected chi connectivity index (χ0v) is 37.5. The zero-order chi connectivity index (χ0) is 32.9. The van der Waals surface area contributed by atoms with Crippen LogP contribution in [0, 0.1) is 0 Å². The summed E-state index contributed by atoms with van der Waals surface area (Å²) in [5.41, 5.74) is 8.39. The first-order chi connectivity index (χ1) is 20.8. The van der Waals surface area contributed by atoms with E-state index in [0.29, 0.717) is 0 Å². The van der Waals surface area contributed by atoms with Crippen molar-refractivity contribution in [3.63, 3.8) is 0 Å². The second-order valence-corrected chi connectivity index (χ2v) is 50.5. The Balaban J connectivity index is 1.79. The van der Waals surface area contributed by atoms with Crippen LogP contribution in [0.2, 0.25) is 29.6 Å². The molecule has 0 nitrogen and oxygen atoms in total. The molecular weight excluding hydrogens is 814 g/mol. The van der Waals surface area contributed by atoms with Crippen LogP contribution in [0.25, 0.3) is 11.1 Å². The van der Waals surface area contributed by atoms with Crippen LogP contribution >= 0.6 is 34.0 Å². The fourth-order valence-corrected chi connectivity index (χ4v) is 19.5. The van der Waals surface area contributed by atoms with Crippen LogP contribution in [-0.2, 0) is 10.8 Å². The van der Waals surface area contributed by atoms with Gasteiger partial charge in [0.2, 0.25) is 0 Å². The Labute approximate surface area is 292 Å². The van der Waals surface area contributed by atoms with Gasteiger partial charge in [0.1, 0.15) is 0 Å². The fourth-order valence-electron chi connectivity index (χ4n) is 5.44. The van der Waals surface area contributed by atoms with Gasteiger partial charge < -0.3 is 0 Å². The summed E-state index contributed by atoms with van der Waals surface area (Å²) in [7, 11) is 0. The average Bonchev–Trinajstić information content (AvgIpc) is 3.71. The van der Waals surface area contributed by atoms with Gasteiger partial charge in [0.05, 0.1) is 0 Å². The van der Waals surface area contributed by atoms with Gasteiger partial charge in [0.15, 0.2) is 0 Å². The first-order valence-electron chi connectivity index (χ1n) is 16.1. The Kier molecular flexibility index (Phi) is 10.2. The quantitative estimate of drug-likeness (QED) is 0.149. The zero-order valence-electron chi connectivity index (χ0n) is 29.3. The van der Waals surface area contributed by atoms with E-state index >= 15 is 0 Å². The van der Waals surface area contributed by atoms with Crippen molar-refractivity contribution in [1.29, 1.82) is 0 Å². The van der Waals surface area contributed by atoms with Gasteiger partial charge in [0.25, 0.3) is 0 Å². The third kappa shape index (κ3) is 8.13. The number of rotatable bonds is 6. The molecular formula is C40H50S3Sn2. The molecule has 5 heteroatoms. The Morgan fingerprint density at radius 1 is 0.422 bits per heavy atom. The molecule has 3 heterocycles. The Morgan fingerprint density at radius 3 is 1.02 bits per heavy atom. The summed E-state index contributed by atoms with van der Waals surface area (Å²) in [6, 6.07) is 33.2. The molecule has 0 spiro atoms. The molecule has 3 aromatic heterocycles. The molecule has 0 aliphatic heterocycles. The van der Waals surface area contributed by atoms with Crippen LogP contribution in [0.4, 0.5) is 0 Å². The maximum absolute atomic E-state index is 2.52. The normalized spacial score (nSPS) is 14.5. The van der Waals surface area contributed by atoms with Gasteiger partial charge in [-0.15, -0.1) is 0 Å². The SMILES string of the molecule is CC(C)(C)c1ccc(C(c2cc[c]([Sn]([CH3])([CH3])[CH3])s2)=c2ccc(=C(c3ccc(C(C)(C)C)cc3)c3cc[c]([Sn]([CH3])([CH3])[CH3])s3)s2)cc1. The van der Waals surface area contributed by atoms with Crippen LogP contribution in [0.3, 0.4) is 0 Å². The van der Waals surface area contributed by atoms with Gasteiger partial charge >= 0.3 is 296 Å². The molecule has 0 saturated heterocycles. The Bertz CT molecular complexity index is 1760. The maximum atomic E-state index is 2.52. The van der Waals surface area contributed by atoms with Crippen molar-refractivity contribution >= 4 is 87.7 Å². The molecule has 0 fully saturated rings. The molecule has 0 radical (unpaired) electrons.